The maximum absolute atomic E-state index is 4.72. The molecule has 0 saturated carbocycles. The van der Waals surface area contributed by atoms with Crippen molar-refractivity contribution >= 4 is 11.5 Å². The van der Waals surface area contributed by atoms with Crippen molar-refractivity contribution in [1.82, 2.24) is 24.5 Å². The molecule has 24 heavy (non-hydrogen) atoms. The van der Waals surface area contributed by atoms with E-state index in [9.17, 15) is 0 Å². The van der Waals surface area contributed by atoms with Crippen LogP contribution in [0.3, 0.4) is 0 Å². The monoisotopic (exact) mass is 339 g/mol. The first-order valence-corrected chi connectivity index (χ1v) is 9.25. The van der Waals surface area contributed by atoms with Crippen LogP contribution < -0.4 is 0 Å². The number of H-pyrrole nitrogens is 1. The van der Waals surface area contributed by atoms with Gasteiger partial charge in [0.15, 0.2) is 5.82 Å². The quantitative estimate of drug-likeness (QED) is 0.774. The molecule has 0 unspecified atom stereocenters. The molecule has 1 fully saturated rings. The topological polar surface area (TPSA) is 57.7 Å². The summed E-state index contributed by atoms with van der Waals surface area (Å²) in [6.07, 6.45) is 5.29. The molecule has 0 amide bonds. The summed E-state index contributed by atoms with van der Waals surface area (Å²) in [7, 11) is 0. The van der Waals surface area contributed by atoms with Crippen LogP contribution in [-0.4, -0.2) is 44.1 Å². The first-order valence-electron chi connectivity index (χ1n) is 8.48. The fourth-order valence-corrected chi connectivity index (χ4v) is 3.80. The van der Waals surface area contributed by atoms with Gasteiger partial charge < -0.3 is 4.90 Å². The van der Waals surface area contributed by atoms with Crippen LogP contribution in [0.15, 0.2) is 42.6 Å². The Hall–Kier alpha value is -2.05. The van der Waals surface area contributed by atoms with Crippen LogP contribution in [0.4, 0.5) is 0 Å². The average Bonchev–Trinajstić information content (AvgIpc) is 3.33. The molecule has 0 spiro atoms. The molecule has 1 aliphatic rings. The molecule has 1 saturated heterocycles. The molecule has 3 aromatic rings. The van der Waals surface area contributed by atoms with Crippen LogP contribution in [0.25, 0.3) is 11.4 Å². The van der Waals surface area contributed by atoms with Crippen LogP contribution in [0.5, 0.6) is 0 Å². The van der Waals surface area contributed by atoms with Crippen LogP contribution in [-0.2, 0) is 6.42 Å². The Bertz CT molecular complexity index is 745. The van der Waals surface area contributed by atoms with E-state index >= 15 is 0 Å². The number of aromatic amines is 1. The number of nitrogens with one attached hydrogen (secondary N) is 1. The minimum absolute atomic E-state index is 0.495. The van der Waals surface area contributed by atoms with Gasteiger partial charge in [0.1, 0.15) is 5.82 Å². The number of hydrogen-bond donors (Lipinski definition) is 1. The lowest BCUT2D eigenvalue weighted by Gasteiger charge is -2.30. The normalized spacial score (nSPS) is 16.5. The lowest BCUT2D eigenvalue weighted by atomic mass is 9.96. The van der Waals surface area contributed by atoms with Crippen molar-refractivity contribution in [2.45, 2.75) is 25.2 Å². The van der Waals surface area contributed by atoms with Crippen LogP contribution in [0, 0.1) is 0 Å². The number of hydrogen-bond acceptors (Lipinski definition) is 5. The Balaban J connectivity index is 1.32. The molecule has 0 radical (unpaired) electrons. The predicted octanol–water partition coefficient (Wildman–Crippen LogP) is 3.35. The second kappa shape index (κ2) is 7.23. The molecule has 0 bridgehead atoms. The molecule has 0 atom stereocenters. The van der Waals surface area contributed by atoms with Gasteiger partial charge in [0, 0.05) is 29.1 Å². The Morgan fingerprint density at radius 3 is 2.71 bits per heavy atom. The van der Waals surface area contributed by atoms with Crippen LogP contribution >= 0.6 is 11.5 Å². The average molecular weight is 339 g/mol. The van der Waals surface area contributed by atoms with E-state index in [2.05, 4.69) is 37.7 Å². The van der Waals surface area contributed by atoms with Crippen molar-refractivity contribution in [3.8, 4) is 11.4 Å². The van der Waals surface area contributed by atoms with Gasteiger partial charge in [-0.05, 0) is 50.0 Å². The fraction of sp³-hybridized carbons (Fsp3) is 0.389. The SMILES string of the molecule is c1ccc(-c2n[nH]c(C3CCN(CCc4ccns4)CC3)n2)cc1. The van der Waals surface area contributed by atoms with E-state index in [1.165, 1.54) is 4.88 Å². The van der Waals surface area contributed by atoms with Gasteiger partial charge >= 0.3 is 0 Å². The zero-order chi connectivity index (χ0) is 16.2. The van der Waals surface area contributed by atoms with Crippen molar-refractivity contribution in [1.29, 1.82) is 0 Å². The van der Waals surface area contributed by atoms with E-state index in [-0.39, 0.29) is 0 Å². The minimum atomic E-state index is 0.495. The van der Waals surface area contributed by atoms with Gasteiger partial charge in [0.05, 0.1) is 0 Å². The highest BCUT2D eigenvalue weighted by Gasteiger charge is 2.23. The summed E-state index contributed by atoms with van der Waals surface area (Å²) >= 11 is 1.61. The molecule has 1 N–H and O–H groups in total. The van der Waals surface area contributed by atoms with Gasteiger partial charge in [-0.3, -0.25) is 5.10 Å². The second-order valence-corrected chi connectivity index (χ2v) is 7.17. The van der Waals surface area contributed by atoms with E-state index in [1.807, 2.05) is 24.4 Å². The molecule has 2 aromatic heterocycles. The van der Waals surface area contributed by atoms with E-state index < -0.39 is 0 Å². The third-order valence-electron chi connectivity index (χ3n) is 4.67. The van der Waals surface area contributed by atoms with Crippen LogP contribution in [0.2, 0.25) is 0 Å². The number of benzene rings is 1. The van der Waals surface area contributed by atoms with E-state index in [0.29, 0.717) is 5.92 Å². The summed E-state index contributed by atoms with van der Waals surface area (Å²) in [5, 5.41) is 7.55. The lowest BCUT2D eigenvalue weighted by Crippen LogP contribution is -2.34. The van der Waals surface area contributed by atoms with E-state index in [1.54, 1.807) is 11.5 Å². The lowest BCUT2D eigenvalue weighted by molar-refractivity contribution is 0.212. The molecule has 0 aliphatic carbocycles. The highest BCUT2D eigenvalue weighted by molar-refractivity contribution is 7.05. The maximum atomic E-state index is 4.72. The molecule has 6 heteroatoms. The molecule has 4 rings (SSSR count). The van der Waals surface area contributed by atoms with Gasteiger partial charge in [-0.1, -0.05) is 30.3 Å². The van der Waals surface area contributed by atoms with Crippen molar-refractivity contribution in [3.63, 3.8) is 0 Å². The highest BCUT2D eigenvalue weighted by atomic mass is 32.1. The maximum Gasteiger partial charge on any atom is 0.181 e. The second-order valence-electron chi connectivity index (χ2n) is 6.25. The van der Waals surface area contributed by atoms with E-state index in [4.69, 9.17) is 4.98 Å². The molecule has 1 aromatic carbocycles. The fourth-order valence-electron chi connectivity index (χ4n) is 3.24. The summed E-state index contributed by atoms with van der Waals surface area (Å²) in [6.45, 7) is 3.39. The van der Waals surface area contributed by atoms with Crippen molar-refractivity contribution in [3.05, 3.63) is 53.3 Å². The Labute approximate surface area is 145 Å². The minimum Gasteiger partial charge on any atom is -0.303 e. The molecule has 1 aliphatic heterocycles. The van der Waals surface area contributed by atoms with Gasteiger partial charge in [-0.2, -0.15) is 5.10 Å². The Morgan fingerprint density at radius 2 is 1.96 bits per heavy atom. The van der Waals surface area contributed by atoms with Gasteiger partial charge in [-0.25, -0.2) is 9.36 Å². The van der Waals surface area contributed by atoms with Crippen molar-refractivity contribution in [2.75, 3.05) is 19.6 Å². The summed E-state index contributed by atoms with van der Waals surface area (Å²) in [5.74, 6) is 2.34. The molecule has 3 heterocycles. The van der Waals surface area contributed by atoms with E-state index in [0.717, 1.165) is 56.1 Å². The largest absolute Gasteiger partial charge is 0.303 e. The van der Waals surface area contributed by atoms with Gasteiger partial charge in [0.25, 0.3) is 0 Å². The molecular weight excluding hydrogens is 318 g/mol. The van der Waals surface area contributed by atoms with Crippen LogP contribution in [0.1, 0.15) is 29.5 Å². The molecule has 124 valence electrons. The first kappa shape index (κ1) is 15.5. The van der Waals surface area contributed by atoms with Crippen molar-refractivity contribution in [2.24, 2.45) is 0 Å². The number of nitrogens with zero attached hydrogens (tertiary/aromatic N) is 4. The summed E-state index contributed by atoms with van der Waals surface area (Å²) in [5.41, 5.74) is 1.07. The molecule has 5 nitrogen and oxygen atoms in total. The summed E-state index contributed by atoms with van der Waals surface area (Å²) in [6, 6.07) is 12.3. The third-order valence-corrected chi connectivity index (χ3v) is 5.48. The molecular formula is C18H21N5S. The van der Waals surface area contributed by atoms with Crippen molar-refractivity contribution < 1.29 is 0 Å². The Morgan fingerprint density at radius 1 is 1.12 bits per heavy atom. The standard InChI is InChI=1S/C18H21N5S/c1-2-4-14(5-3-1)17-20-18(22-21-17)15-7-11-23(12-8-15)13-9-16-6-10-19-24-16/h1-6,10,15H,7-9,11-13H2,(H,20,21,22). The summed E-state index contributed by atoms with van der Waals surface area (Å²) in [4.78, 5) is 8.65. The number of likely N-dealkylation sites (tertiary alicyclic amines) is 1. The number of rotatable bonds is 5. The predicted molar refractivity (Wildman–Crippen MR) is 96.1 cm³/mol. The van der Waals surface area contributed by atoms with Gasteiger partial charge in [-0.15, -0.1) is 0 Å². The number of piperidine rings is 1. The highest BCUT2D eigenvalue weighted by Crippen LogP contribution is 2.27. The zero-order valence-electron chi connectivity index (χ0n) is 13.6. The zero-order valence-corrected chi connectivity index (χ0v) is 14.4. The first-order chi connectivity index (χ1) is 11.9. The Kier molecular flexibility index (Phi) is 4.66. The van der Waals surface area contributed by atoms with Gasteiger partial charge in [0.2, 0.25) is 0 Å². The number of aromatic nitrogens is 4. The smallest absolute Gasteiger partial charge is 0.181 e. The third kappa shape index (κ3) is 3.55. The summed E-state index contributed by atoms with van der Waals surface area (Å²) < 4.78 is 4.17.